The fourth-order valence-electron chi connectivity index (χ4n) is 7.28. The molecule has 9 rings (SSSR count). The summed E-state index contributed by atoms with van der Waals surface area (Å²) in [4.78, 5) is 0. The monoisotopic (exact) mass is 612 g/mol. The first kappa shape index (κ1) is 28.1. The third kappa shape index (κ3) is 4.80. The van der Waals surface area contributed by atoms with Crippen molar-refractivity contribution in [2.75, 3.05) is 0 Å². The van der Waals surface area contributed by atoms with Gasteiger partial charge in [0.1, 0.15) is 11.3 Å². The highest BCUT2D eigenvalue weighted by molar-refractivity contribution is 6.21. The van der Waals surface area contributed by atoms with Gasteiger partial charge in [-0.15, -0.1) is 0 Å². The van der Waals surface area contributed by atoms with Crippen molar-refractivity contribution in [3.63, 3.8) is 0 Å². The van der Waals surface area contributed by atoms with Gasteiger partial charge in [0.25, 0.3) is 0 Å². The first-order chi connectivity index (χ1) is 23.7. The molecule has 0 unspecified atom stereocenters. The molecule has 1 nitrogen and oxygen atoms in total. The Bertz CT molecular complexity index is 2580. The molecule has 0 saturated carbocycles. The zero-order valence-electron chi connectivity index (χ0n) is 26.5. The lowest BCUT2D eigenvalue weighted by Gasteiger charge is -2.18. The second-order valence-electron chi connectivity index (χ2n) is 12.5. The van der Waals surface area contributed by atoms with Crippen molar-refractivity contribution < 1.29 is 4.42 Å². The molecule has 0 amide bonds. The third-order valence-corrected chi connectivity index (χ3v) is 9.61. The number of fused-ring (bicyclic) bond motifs is 6. The minimum atomic E-state index is 0.737. The molecule has 7 aromatic carbocycles. The second kappa shape index (κ2) is 11.6. The van der Waals surface area contributed by atoms with Crippen LogP contribution in [-0.4, -0.2) is 0 Å². The predicted molar refractivity (Wildman–Crippen MR) is 205 cm³/mol. The van der Waals surface area contributed by atoms with Crippen molar-refractivity contribution in [3.05, 3.63) is 187 Å². The van der Waals surface area contributed by atoms with Crippen LogP contribution in [0.1, 0.15) is 11.3 Å². The van der Waals surface area contributed by atoms with Gasteiger partial charge in [-0.25, -0.2) is 0 Å². The SMILES string of the molecule is C=C1/C=C\C=C/Cc2oc3cc(-c4c5ccccc5c(-c5ccc(-c6ccc7ccccc7c6)cc5)c5ccccc45)ccc3c2/C=C\1. The summed E-state index contributed by atoms with van der Waals surface area (Å²) in [5.41, 5.74) is 10.3. The summed E-state index contributed by atoms with van der Waals surface area (Å²) in [6.45, 7) is 4.16. The zero-order chi connectivity index (χ0) is 32.0. The van der Waals surface area contributed by atoms with Gasteiger partial charge >= 0.3 is 0 Å². The van der Waals surface area contributed by atoms with Crippen LogP contribution in [0, 0.1) is 0 Å². The first-order valence-electron chi connectivity index (χ1n) is 16.5. The van der Waals surface area contributed by atoms with Gasteiger partial charge in [0.05, 0.1) is 0 Å². The van der Waals surface area contributed by atoms with Crippen LogP contribution in [0.2, 0.25) is 0 Å². The van der Waals surface area contributed by atoms with Crippen LogP contribution >= 0.6 is 0 Å². The Morgan fingerprint density at radius 3 is 1.79 bits per heavy atom. The van der Waals surface area contributed by atoms with Crippen molar-refractivity contribution in [1.29, 1.82) is 0 Å². The van der Waals surface area contributed by atoms with E-state index in [1.165, 1.54) is 60.1 Å². The molecular formula is C47H32O. The Morgan fingerprint density at radius 2 is 1.06 bits per heavy atom. The van der Waals surface area contributed by atoms with Crippen molar-refractivity contribution in [2.24, 2.45) is 0 Å². The number of hydrogen-bond donors (Lipinski definition) is 0. The van der Waals surface area contributed by atoms with Gasteiger partial charge in [0.15, 0.2) is 0 Å². The molecule has 0 atom stereocenters. The highest BCUT2D eigenvalue weighted by Crippen LogP contribution is 2.45. The second-order valence-corrected chi connectivity index (χ2v) is 12.5. The smallest absolute Gasteiger partial charge is 0.135 e. The molecule has 226 valence electrons. The maximum absolute atomic E-state index is 6.55. The fourth-order valence-corrected chi connectivity index (χ4v) is 7.28. The molecule has 0 aliphatic heterocycles. The highest BCUT2D eigenvalue weighted by Gasteiger charge is 2.19. The van der Waals surface area contributed by atoms with Crippen LogP contribution < -0.4 is 0 Å². The molecule has 8 aromatic rings. The van der Waals surface area contributed by atoms with Gasteiger partial charge < -0.3 is 4.42 Å². The Balaban J connectivity index is 1.20. The maximum atomic E-state index is 6.55. The fraction of sp³-hybridized carbons (Fsp3) is 0.0213. The van der Waals surface area contributed by atoms with Gasteiger partial charge in [0, 0.05) is 17.4 Å². The lowest BCUT2D eigenvalue weighted by Crippen LogP contribution is -1.91. The number of furan rings is 1. The summed E-state index contributed by atoms with van der Waals surface area (Å²) in [6.07, 6.45) is 13.2. The summed E-state index contributed by atoms with van der Waals surface area (Å²) in [6, 6.07) is 48.6. The largest absolute Gasteiger partial charge is 0.460 e. The van der Waals surface area contributed by atoms with Crippen LogP contribution in [0.5, 0.6) is 0 Å². The minimum absolute atomic E-state index is 0.737. The van der Waals surface area contributed by atoms with E-state index in [2.05, 4.69) is 164 Å². The number of rotatable bonds is 3. The summed E-state index contributed by atoms with van der Waals surface area (Å²) in [7, 11) is 0. The van der Waals surface area contributed by atoms with E-state index in [1.807, 2.05) is 12.2 Å². The van der Waals surface area contributed by atoms with Crippen LogP contribution in [0.3, 0.4) is 0 Å². The molecule has 1 aromatic heterocycles. The van der Waals surface area contributed by atoms with E-state index in [4.69, 9.17) is 4.42 Å². The average molecular weight is 613 g/mol. The van der Waals surface area contributed by atoms with Crippen LogP contribution in [-0.2, 0) is 6.42 Å². The number of benzene rings is 7. The summed E-state index contributed by atoms with van der Waals surface area (Å²) in [5.74, 6) is 0.968. The van der Waals surface area contributed by atoms with E-state index in [-0.39, 0.29) is 0 Å². The third-order valence-electron chi connectivity index (χ3n) is 9.61. The van der Waals surface area contributed by atoms with Crippen molar-refractivity contribution in [1.82, 2.24) is 0 Å². The van der Waals surface area contributed by atoms with E-state index >= 15 is 0 Å². The van der Waals surface area contributed by atoms with Crippen molar-refractivity contribution in [2.45, 2.75) is 6.42 Å². The summed E-state index contributed by atoms with van der Waals surface area (Å²) in [5, 5.41) is 8.57. The molecule has 0 fully saturated rings. The first-order valence-corrected chi connectivity index (χ1v) is 16.5. The Morgan fingerprint density at radius 1 is 0.458 bits per heavy atom. The summed E-state index contributed by atoms with van der Waals surface area (Å²) >= 11 is 0. The zero-order valence-corrected chi connectivity index (χ0v) is 26.5. The van der Waals surface area contributed by atoms with Gasteiger partial charge in [-0.1, -0.05) is 158 Å². The lowest BCUT2D eigenvalue weighted by molar-refractivity contribution is 0.564. The number of allylic oxidation sites excluding steroid dienone is 6. The Kier molecular flexibility index (Phi) is 6.76. The molecule has 1 heteroatoms. The van der Waals surface area contributed by atoms with Crippen molar-refractivity contribution in [3.8, 4) is 33.4 Å². The van der Waals surface area contributed by atoms with Crippen LogP contribution in [0.15, 0.2) is 180 Å². The predicted octanol–water partition coefficient (Wildman–Crippen LogP) is 13.1. The van der Waals surface area contributed by atoms with Crippen LogP contribution in [0.25, 0.3) is 82.7 Å². The number of hydrogen-bond acceptors (Lipinski definition) is 1. The molecule has 1 aliphatic carbocycles. The average Bonchev–Trinajstić information content (AvgIpc) is 3.49. The highest BCUT2D eigenvalue weighted by atomic mass is 16.3. The quantitative estimate of drug-likeness (QED) is 0.181. The van der Waals surface area contributed by atoms with E-state index in [0.29, 0.717) is 0 Å². The maximum Gasteiger partial charge on any atom is 0.135 e. The Hall–Kier alpha value is -6.18. The summed E-state index contributed by atoms with van der Waals surface area (Å²) < 4.78 is 6.55. The normalized spacial score (nSPS) is 15.1. The molecule has 0 saturated heterocycles. The van der Waals surface area contributed by atoms with E-state index in [9.17, 15) is 0 Å². The molecule has 1 heterocycles. The standard InChI is InChI=1S/C47H32O/c1-31-11-3-2-4-18-44-38(27-19-31)39-28-26-37(30-45(39)48-44)47-42-16-9-7-14-40(42)46(41-15-8-10-17-43(41)47)34-23-20-33(21-24-34)36-25-22-32-12-5-6-13-35(32)29-36/h2-17,19-30H,1,18H2/b4-2-,11-3-,27-19-. The van der Waals surface area contributed by atoms with Gasteiger partial charge in [0.2, 0.25) is 0 Å². The van der Waals surface area contributed by atoms with E-state index < -0.39 is 0 Å². The van der Waals surface area contributed by atoms with E-state index in [0.717, 1.165) is 39.9 Å². The van der Waals surface area contributed by atoms with Gasteiger partial charge in [-0.2, -0.15) is 0 Å². The molecule has 0 radical (unpaired) electrons. The van der Waals surface area contributed by atoms with Crippen LogP contribution in [0.4, 0.5) is 0 Å². The Labute approximate surface area is 280 Å². The van der Waals surface area contributed by atoms with Gasteiger partial charge in [-0.05, 0) is 89.5 Å². The molecule has 1 aliphatic rings. The topological polar surface area (TPSA) is 13.1 Å². The molecule has 0 spiro atoms. The van der Waals surface area contributed by atoms with Gasteiger partial charge in [-0.3, -0.25) is 0 Å². The van der Waals surface area contributed by atoms with E-state index in [1.54, 1.807) is 0 Å². The molecule has 0 N–H and O–H groups in total. The molecule has 48 heavy (non-hydrogen) atoms. The molecular weight excluding hydrogens is 581 g/mol. The van der Waals surface area contributed by atoms with Crippen molar-refractivity contribution >= 4 is 49.4 Å². The minimum Gasteiger partial charge on any atom is -0.460 e. The lowest BCUT2D eigenvalue weighted by atomic mass is 9.85. The molecule has 0 bridgehead atoms.